The molecule has 0 aliphatic heterocycles. The highest BCUT2D eigenvalue weighted by atomic mass is 16.3. The number of hydrogen-bond acceptors (Lipinski definition) is 5. The molecule has 1 unspecified atom stereocenters. The summed E-state index contributed by atoms with van der Waals surface area (Å²) < 4.78 is 0. The van der Waals surface area contributed by atoms with E-state index in [1.54, 1.807) is 12.4 Å². The summed E-state index contributed by atoms with van der Waals surface area (Å²) in [4.78, 5) is 10.3. The Bertz CT molecular complexity index is 299. The Hall–Kier alpha value is -1.04. The summed E-state index contributed by atoms with van der Waals surface area (Å²) in [6.07, 6.45) is 3.14. The Morgan fingerprint density at radius 3 is 2.69 bits per heavy atom. The molecule has 0 aliphatic rings. The molecule has 1 rings (SSSR count). The van der Waals surface area contributed by atoms with Crippen LogP contribution in [-0.4, -0.2) is 53.3 Å². The van der Waals surface area contributed by atoms with Crippen LogP contribution >= 0.6 is 0 Å². The highest BCUT2D eigenvalue weighted by Gasteiger charge is 2.04. The lowest BCUT2D eigenvalue weighted by molar-refractivity contribution is 0.134. The fourth-order valence-electron chi connectivity index (χ4n) is 1.36. The number of aliphatic hydroxyl groups excluding tert-OH is 1. The molecule has 0 amide bonds. The van der Waals surface area contributed by atoms with Gasteiger partial charge in [0.2, 0.25) is 0 Å². The Kier molecular flexibility index (Phi) is 5.31. The van der Waals surface area contributed by atoms with E-state index in [-0.39, 0.29) is 6.10 Å². The Morgan fingerprint density at radius 2 is 2.12 bits per heavy atom. The molecule has 0 radical (unpaired) electrons. The van der Waals surface area contributed by atoms with Gasteiger partial charge in [0.1, 0.15) is 0 Å². The molecule has 1 atom stereocenters. The third kappa shape index (κ3) is 5.16. The summed E-state index contributed by atoms with van der Waals surface area (Å²) in [5, 5.41) is 12.7. The first-order chi connectivity index (χ1) is 7.58. The van der Waals surface area contributed by atoms with Gasteiger partial charge in [-0.2, -0.15) is 0 Å². The number of likely N-dealkylation sites (N-methyl/N-ethyl adjacent to an activating group) is 1. The number of rotatable bonds is 6. The van der Waals surface area contributed by atoms with E-state index in [1.807, 2.05) is 25.9 Å². The molecule has 0 spiro atoms. The fraction of sp³-hybridized carbons (Fsp3) is 0.636. The molecule has 0 saturated heterocycles. The van der Waals surface area contributed by atoms with Crippen LogP contribution in [0.25, 0.3) is 0 Å². The minimum atomic E-state index is -0.353. The molecule has 0 fully saturated rings. The van der Waals surface area contributed by atoms with E-state index in [1.165, 1.54) is 0 Å². The van der Waals surface area contributed by atoms with Gasteiger partial charge in [0, 0.05) is 32.0 Å². The first kappa shape index (κ1) is 13.0. The predicted octanol–water partition coefficient (Wildman–Crippen LogP) is -0.203. The molecule has 0 aromatic carbocycles. The van der Waals surface area contributed by atoms with Crippen molar-refractivity contribution in [2.75, 3.05) is 27.2 Å². The number of nitrogens with zero attached hydrogens (tertiary/aromatic N) is 3. The van der Waals surface area contributed by atoms with Crippen LogP contribution in [0.4, 0.5) is 0 Å². The number of aryl methyl sites for hydroxylation is 1. The summed E-state index contributed by atoms with van der Waals surface area (Å²) in [7, 11) is 3.88. The molecule has 1 heterocycles. The van der Waals surface area contributed by atoms with Gasteiger partial charge in [-0.15, -0.1) is 0 Å². The van der Waals surface area contributed by atoms with Crippen molar-refractivity contribution in [3.63, 3.8) is 0 Å². The van der Waals surface area contributed by atoms with Crippen molar-refractivity contribution in [2.24, 2.45) is 0 Å². The molecular weight excluding hydrogens is 204 g/mol. The summed E-state index contributed by atoms with van der Waals surface area (Å²) in [6, 6.07) is 0. The third-order valence-corrected chi connectivity index (χ3v) is 2.10. The Balaban J connectivity index is 2.22. The molecule has 0 aliphatic carbocycles. The van der Waals surface area contributed by atoms with Crippen molar-refractivity contribution >= 4 is 0 Å². The molecule has 5 nitrogen and oxygen atoms in total. The van der Waals surface area contributed by atoms with Gasteiger partial charge in [0.15, 0.2) is 0 Å². The van der Waals surface area contributed by atoms with Crippen molar-refractivity contribution < 1.29 is 5.11 Å². The van der Waals surface area contributed by atoms with Gasteiger partial charge in [-0.05, 0) is 21.0 Å². The van der Waals surface area contributed by atoms with Gasteiger partial charge in [0.05, 0.1) is 17.5 Å². The second kappa shape index (κ2) is 6.52. The Labute approximate surface area is 96.5 Å². The zero-order valence-corrected chi connectivity index (χ0v) is 10.1. The van der Waals surface area contributed by atoms with E-state index >= 15 is 0 Å². The van der Waals surface area contributed by atoms with Crippen molar-refractivity contribution in [3.8, 4) is 0 Å². The van der Waals surface area contributed by atoms with Crippen LogP contribution in [0.2, 0.25) is 0 Å². The quantitative estimate of drug-likeness (QED) is 0.700. The smallest absolute Gasteiger partial charge is 0.0791 e. The van der Waals surface area contributed by atoms with Crippen LogP contribution < -0.4 is 5.32 Å². The lowest BCUT2D eigenvalue weighted by Gasteiger charge is -2.16. The lowest BCUT2D eigenvalue weighted by atomic mass is 10.3. The van der Waals surface area contributed by atoms with Gasteiger partial charge in [0.25, 0.3) is 0 Å². The van der Waals surface area contributed by atoms with E-state index < -0.39 is 0 Å². The average Bonchev–Trinajstić information content (AvgIpc) is 2.20. The molecule has 16 heavy (non-hydrogen) atoms. The predicted molar refractivity (Wildman–Crippen MR) is 63.0 cm³/mol. The first-order valence-electron chi connectivity index (χ1n) is 5.39. The van der Waals surface area contributed by atoms with Crippen LogP contribution in [0, 0.1) is 6.92 Å². The Morgan fingerprint density at radius 1 is 1.38 bits per heavy atom. The number of nitrogens with one attached hydrogen (secondary N) is 1. The summed E-state index contributed by atoms with van der Waals surface area (Å²) in [5.74, 6) is 0. The highest BCUT2D eigenvalue weighted by molar-refractivity contribution is 5.00. The fourth-order valence-corrected chi connectivity index (χ4v) is 1.36. The number of hydrogen-bond donors (Lipinski definition) is 2. The maximum atomic E-state index is 9.60. The normalized spacial score (nSPS) is 13.1. The number of aliphatic hydroxyl groups is 1. The number of aromatic nitrogens is 2. The second-order valence-corrected chi connectivity index (χ2v) is 4.20. The van der Waals surface area contributed by atoms with Crippen LogP contribution in [0.15, 0.2) is 12.4 Å². The molecule has 0 bridgehead atoms. The van der Waals surface area contributed by atoms with Gasteiger partial charge in [-0.1, -0.05) is 0 Å². The van der Waals surface area contributed by atoms with E-state index in [2.05, 4.69) is 15.3 Å². The van der Waals surface area contributed by atoms with Crippen LogP contribution in [0.3, 0.4) is 0 Å². The molecule has 1 aromatic heterocycles. The van der Waals surface area contributed by atoms with Gasteiger partial charge in [-0.3, -0.25) is 9.97 Å². The first-order valence-corrected chi connectivity index (χ1v) is 5.39. The maximum absolute atomic E-state index is 9.60. The minimum absolute atomic E-state index is 0.353. The molecule has 1 aromatic rings. The summed E-state index contributed by atoms with van der Waals surface area (Å²) in [5.41, 5.74) is 1.80. The highest BCUT2D eigenvalue weighted by Crippen LogP contribution is 1.93. The van der Waals surface area contributed by atoms with Crippen LogP contribution in [0.5, 0.6) is 0 Å². The average molecular weight is 224 g/mol. The van der Waals surface area contributed by atoms with Gasteiger partial charge < -0.3 is 15.3 Å². The van der Waals surface area contributed by atoms with E-state index in [0.717, 1.165) is 11.4 Å². The van der Waals surface area contributed by atoms with Gasteiger partial charge >= 0.3 is 0 Å². The second-order valence-electron chi connectivity index (χ2n) is 4.20. The van der Waals surface area contributed by atoms with Crippen molar-refractivity contribution in [3.05, 3.63) is 23.8 Å². The molecular formula is C11H20N4O. The third-order valence-electron chi connectivity index (χ3n) is 2.10. The topological polar surface area (TPSA) is 61.3 Å². The standard InChI is InChI=1S/C11H20N4O/c1-9-4-14-10(6-13-9)5-12-7-11(16)8-15(2)3/h4,6,11-12,16H,5,7-8H2,1-3H3. The van der Waals surface area contributed by atoms with Crippen LogP contribution in [-0.2, 0) is 6.54 Å². The van der Waals surface area contributed by atoms with Crippen molar-refractivity contribution in [2.45, 2.75) is 19.6 Å². The van der Waals surface area contributed by atoms with Crippen molar-refractivity contribution in [1.82, 2.24) is 20.2 Å². The lowest BCUT2D eigenvalue weighted by Crippen LogP contribution is -2.34. The molecule has 2 N–H and O–H groups in total. The van der Waals surface area contributed by atoms with E-state index in [4.69, 9.17) is 0 Å². The zero-order valence-electron chi connectivity index (χ0n) is 10.1. The van der Waals surface area contributed by atoms with Crippen LogP contribution in [0.1, 0.15) is 11.4 Å². The summed E-state index contributed by atoms with van der Waals surface area (Å²) in [6.45, 7) is 3.77. The largest absolute Gasteiger partial charge is 0.390 e. The zero-order chi connectivity index (χ0) is 12.0. The summed E-state index contributed by atoms with van der Waals surface area (Å²) >= 11 is 0. The maximum Gasteiger partial charge on any atom is 0.0791 e. The van der Waals surface area contributed by atoms with E-state index in [9.17, 15) is 5.11 Å². The minimum Gasteiger partial charge on any atom is -0.390 e. The molecule has 5 heteroatoms. The van der Waals surface area contributed by atoms with Gasteiger partial charge in [-0.25, -0.2) is 0 Å². The molecule has 0 saturated carbocycles. The monoisotopic (exact) mass is 224 g/mol. The van der Waals surface area contributed by atoms with Crippen molar-refractivity contribution in [1.29, 1.82) is 0 Å². The molecule has 90 valence electrons. The SMILES string of the molecule is Cc1cnc(CNCC(O)CN(C)C)cn1. The van der Waals surface area contributed by atoms with E-state index in [0.29, 0.717) is 19.6 Å².